The summed E-state index contributed by atoms with van der Waals surface area (Å²) in [5, 5.41) is 0. The molecule has 6 nitrogen and oxygen atoms in total. The topological polar surface area (TPSA) is 98.5 Å². The van der Waals surface area contributed by atoms with Gasteiger partial charge in [0.2, 0.25) is 15.9 Å². The van der Waals surface area contributed by atoms with Crippen LogP contribution in [0.3, 0.4) is 0 Å². The zero-order valence-electron chi connectivity index (χ0n) is 10.5. The molecule has 100 valence electrons. The summed E-state index contributed by atoms with van der Waals surface area (Å²) in [4.78, 5) is 10.8. The van der Waals surface area contributed by atoms with Crippen LogP contribution in [-0.2, 0) is 14.8 Å². The predicted molar refractivity (Wildman–Crippen MR) is 66.9 cm³/mol. The van der Waals surface area contributed by atoms with Crippen LogP contribution < -0.4 is 15.2 Å². The largest absolute Gasteiger partial charge is 0.497 e. The highest BCUT2D eigenvalue weighted by atomic mass is 32.2. The first kappa shape index (κ1) is 14.5. The van der Waals surface area contributed by atoms with Gasteiger partial charge in [-0.3, -0.25) is 4.79 Å². The third-order valence-electron chi connectivity index (χ3n) is 2.37. The van der Waals surface area contributed by atoms with Gasteiger partial charge in [0.15, 0.2) is 0 Å². The monoisotopic (exact) mass is 272 g/mol. The molecule has 1 aromatic carbocycles. The van der Waals surface area contributed by atoms with Crippen LogP contribution in [0, 0.1) is 13.8 Å². The summed E-state index contributed by atoms with van der Waals surface area (Å²) in [6.45, 7) is 2.90. The number of sulfonamides is 1. The van der Waals surface area contributed by atoms with E-state index in [0.717, 1.165) is 0 Å². The van der Waals surface area contributed by atoms with E-state index in [-0.39, 0.29) is 4.90 Å². The first-order chi connectivity index (χ1) is 8.27. The molecule has 0 bridgehead atoms. The maximum atomic E-state index is 12.0. The van der Waals surface area contributed by atoms with Crippen LogP contribution in [0.5, 0.6) is 5.75 Å². The number of carbonyl (C=O) groups excluding carboxylic acids is 1. The molecule has 18 heavy (non-hydrogen) atoms. The van der Waals surface area contributed by atoms with Gasteiger partial charge in [0.1, 0.15) is 5.75 Å². The first-order valence-electron chi connectivity index (χ1n) is 5.21. The highest BCUT2D eigenvalue weighted by molar-refractivity contribution is 7.89. The number of benzene rings is 1. The zero-order chi connectivity index (χ0) is 13.9. The van der Waals surface area contributed by atoms with Gasteiger partial charge in [0.25, 0.3) is 0 Å². The van der Waals surface area contributed by atoms with Crippen molar-refractivity contribution in [3.05, 3.63) is 23.3 Å². The third-order valence-corrected chi connectivity index (χ3v) is 4.08. The van der Waals surface area contributed by atoms with E-state index in [9.17, 15) is 13.2 Å². The van der Waals surface area contributed by atoms with E-state index in [4.69, 9.17) is 10.5 Å². The average molecular weight is 272 g/mol. The minimum absolute atomic E-state index is 0.143. The summed E-state index contributed by atoms with van der Waals surface area (Å²) in [5.74, 6) is -0.152. The second kappa shape index (κ2) is 5.36. The minimum atomic E-state index is -3.75. The standard InChI is InChI=1S/C11H16N2O4S/c1-7-4-9(17-3)5-8(2)11(7)18(15,16)13-6-10(12)14/h4-5,13H,6H2,1-3H3,(H2,12,14). The summed E-state index contributed by atoms with van der Waals surface area (Å²) in [5.41, 5.74) is 6.00. The second-order valence-electron chi connectivity index (χ2n) is 3.88. The molecule has 0 radical (unpaired) electrons. The van der Waals surface area contributed by atoms with Crippen LogP contribution in [-0.4, -0.2) is 28.0 Å². The number of nitrogens with one attached hydrogen (secondary N) is 1. The Morgan fingerprint density at radius 3 is 2.22 bits per heavy atom. The molecule has 7 heteroatoms. The molecule has 1 aromatic rings. The number of aryl methyl sites for hydroxylation is 2. The molecule has 0 fully saturated rings. The van der Waals surface area contributed by atoms with Gasteiger partial charge < -0.3 is 10.5 Å². The van der Waals surface area contributed by atoms with Gasteiger partial charge >= 0.3 is 0 Å². The summed E-state index contributed by atoms with van der Waals surface area (Å²) in [6.07, 6.45) is 0. The SMILES string of the molecule is COc1cc(C)c(S(=O)(=O)NCC(N)=O)c(C)c1. The Bertz CT molecular complexity index is 543. The number of amides is 1. The fourth-order valence-electron chi connectivity index (χ4n) is 1.69. The van der Waals surface area contributed by atoms with Gasteiger partial charge in [-0.1, -0.05) is 0 Å². The maximum Gasteiger partial charge on any atom is 0.241 e. The lowest BCUT2D eigenvalue weighted by Crippen LogP contribution is -2.34. The molecule has 0 aliphatic heterocycles. The van der Waals surface area contributed by atoms with Crippen molar-refractivity contribution in [3.63, 3.8) is 0 Å². The molecule has 0 spiro atoms. The van der Waals surface area contributed by atoms with E-state index >= 15 is 0 Å². The van der Waals surface area contributed by atoms with Crippen molar-refractivity contribution in [2.75, 3.05) is 13.7 Å². The quantitative estimate of drug-likeness (QED) is 0.792. The molecule has 3 N–H and O–H groups in total. The zero-order valence-corrected chi connectivity index (χ0v) is 11.3. The van der Waals surface area contributed by atoms with Gasteiger partial charge in [-0.05, 0) is 37.1 Å². The van der Waals surface area contributed by atoms with Crippen molar-refractivity contribution in [3.8, 4) is 5.75 Å². The van der Waals surface area contributed by atoms with Crippen LogP contribution >= 0.6 is 0 Å². The van der Waals surface area contributed by atoms with Crippen LogP contribution in [0.25, 0.3) is 0 Å². The Kier molecular flexibility index (Phi) is 4.31. The number of nitrogens with two attached hydrogens (primary N) is 1. The molecular weight excluding hydrogens is 256 g/mol. The highest BCUT2D eigenvalue weighted by Gasteiger charge is 2.20. The molecule has 0 aliphatic rings. The molecule has 0 saturated heterocycles. The van der Waals surface area contributed by atoms with Crippen LogP contribution in [0.15, 0.2) is 17.0 Å². The summed E-state index contributed by atoms with van der Waals surface area (Å²) < 4.78 is 31.2. The molecule has 0 saturated carbocycles. The van der Waals surface area contributed by atoms with Crippen molar-refractivity contribution < 1.29 is 17.9 Å². The lowest BCUT2D eigenvalue weighted by molar-refractivity contribution is -0.116. The first-order valence-corrected chi connectivity index (χ1v) is 6.69. The van der Waals surface area contributed by atoms with Gasteiger partial charge in [0.05, 0.1) is 18.6 Å². The number of carbonyl (C=O) groups is 1. The molecule has 0 aliphatic carbocycles. The average Bonchev–Trinajstić information content (AvgIpc) is 2.25. The normalized spacial score (nSPS) is 11.3. The summed E-state index contributed by atoms with van der Waals surface area (Å²) >= 11 is 0. The van der Waals surface area contributed by atoms with Crippen molar-refractivity contribution in [2.24, 2.45) is 5.73 Å². The Morgan fingerprint density at radius 2 is 1.83 bits per heavy atom. The summed E-state index contributed by atoms with van der Waals surface area (Å²) in [6, 6.07) is 3.23. The number of methoxy groups -OCH3 is 1. The lowest BCUT2D eigenvalue weighted by Gasteiger charge is -2.13. The Balaban J connectivity index is 3.20. The van der Waals surface area contributed by atoms with Crippen molar-refractivity contribution in [1.29, 1.82) is 0 Å². The highest BCUT2D eigenvalue weighted by Crippen LogP contribution is 2.25. The number of rotatable bonds is 5. The Hall–Kier alpha value is -1.60. The van der Waals surface area contributed by atoms with Gasteiger partial charge in [-0.2, -0.15) is 0 Å². The molecule has 1 amide bonds. The third kappa shape index (κ3) is 3.21. The molecule has 0 atom stereocenters. The second-order valence-corrected chi connectivity index (χ2v) is 5.58. The van der Waals surface area contributed by atoms with E-state index in [2.05, 4.69) is 4.72 Å². The number of ether oxygens (including phenoxy) is 1. The van der Waals surface area contributed by atoms with Gasteiger partial charge in [0, 0.05) is 0 Å². The Labute approximate surface area is 106 Å². The maximum absolute atomic E-state index is 12.0. The van der Waals surface area contributed by atoms with Gasteiger partial charge in [-0.25, -0.2) is 13.1 Å². The van der Waals surface area contributed by atoms with Crippen LogP contribution in [0.2, 0.25) is 0 Å². The van der Waals surface area contributed by atoms with E-state index in [1.165, 1.54) is 7.11 Å². The fourth-order valence-corrected chi connectivity index (χ4v) is 3.13. The predicted octanol–water partition coefficient (Wildman–Crippen LogP) is 0.0756. The molecule has 1 rings (SSSR count). The lowest BCUT2D eigenvalue weighted by atomic mass is 10.1. The van der Waals surface area contributed by atoms with E-state index in [0.29, 0.717) is 16.9 Å². The molecule has 0 unspecified atom stereocenters. The van der Waals surface area contributed by atoms with E-state index in [1.54, 1.807) is 26.0 Å². The van der Waals surface area contributed by atoms with Crippen LogP contribution in [0.1, 0.15) is 11.1 Å². The van der Waals surface area contributed by atoms with Gasteiger partial charge in [-0.15, -0.1) is 0 Å². The Morgan fingerprint density at radius 1 is 1.33 bits per heavy atom. The summed E-state index contributed by atoms with van der Waals surface area (Å²) in [7, 11) is -2.24. The molecule has 0 aromatic heterocycles. The number of primary amides is 1. The molecular formula is C11H16N2O4S. The van der Waals surface area contributed by atoms with E-state index in [1.807, 2.05) is 0 Å². The fraction of sp³-hybridized carbons (Fsp3) is 0.364. The molecule has 0 heterocycles. The minimum Gasteiger partial charge on any atom is -0.497 e. The number of hydrogen-bond donors (Lipinski definition) is 2. The van der Waals surface area contributed by atoms with E-state index < -0.39 is 22.5 Å². The van der Waals surface area contributed by atoms with Crippen molar-refractivity contribution >= 4 is 15.9 Å². The van der Waals surface area contributed by atoms with Crippen molar-refractivity contribution in [1.82, 2.24) is 4.72 Å². The number of hydrogen-bond acceptors (Lipinski definition) is 4. The van der Waals surface area contributed by atoms with Crippen LogP contribution in [0.4, 0.5) is 0 Å². The smallest absolute Gasteiger partial charge is 0.241 e. The van der Waals surface area contributed by atoms with Crippen molar-refractivity contribution in [2.45, 2.75) is 18.7 Å².